The molecule has 0 aliphatic rings. The van der Waals surface area contributed by atoms with E-state index in [1.54, 1.807) is 19.2 Å². The summed E-state index contributed by atoms with van der Waals surface area (Å²) in [6.45, 7) is 3.01. The summed E-state index contributed by atoms with van der Waals surface area (Å²) >= 11 is 0. The van der Waals surface area contributed by atoms with Gasteiger partial charge in [-0.3, -0.25) is 4.79 Å². The number of aliphatic hydroxyl groups is 1. The first kappa shape index (κ1) is 12.7. The average molecular weight is 227 g/mol. The Morgan fingerprint density at radius 3 is 2.88 bits per heavy atom. The molecular weight excluding hydrogens is 210 g/mol. The van der Waals surface area contributed by atoms with Gasteiger partial charge in [0.2, 0.25) is 0 Å². The highest BCUT2D eigenvalue weighted by atomic mass is 16.5. The molecule has 5 heteroatoms. The molecule has 16 heavy (non-hydrogen) atoms. The van der Waals surface area contributed by atoms with Crippen LogP contribution in [0, 0.1) is 0 Å². The zero-order valence-corrected chi connectivity index (χ0v) is 9.60. The second kappa shape index (κ2) is 6.30. The maximum Gasteiger partial charge on any atom is 0.289 e. The first-order valence-corrected chi connectivity index (χ1v) is 5.20. The zero-order chi connectivity index (χ0) is 12.0. The Kier molecular flexibility index (Phi) is 5.01. The van der Waals surface area contributed by atoms with Gasteiger partial charge < -0.3 is 19.2 Å². The molecule has 0 fully saturated rings. The molecule has 0 saturated carbocycles. The zero-order valence-electron chi connectivity index (χ0n) is 9.60. The van der Waals surface area contributed by atoms with Crippen LogP contribution in [0.15, 0.2) is 16.5 Å². The van der Waals surface area contributed by atoms with Gasteiger partial charge in [0.05, 0.1) is 6.61 Å². The van der Waals surface area contributed by atoms with E-state index in [0.29, 0.717) is 25.5 Å². The molecule has 0 aromatic carbocycles. The SMILES string of the molecule is CCN(CCO)C(=O)c1ccc(COC)o1. The lowest BCUT2D eigenvalue weighted by molar-refractivity contribution is 0.0693. The Morgan fingerprint density at radius 2 is 2.31 bits per heavy atom. The second-order valence-electron chi connectivity index (χ2n) is 3.31. The quantitative estimate of drug-likeness (QED) is 0.783. The molecule has 0 radical (unpaired) electrons. The summed E-state index contributed by atoms with van der Waals surface area (Å²) in [5.41, 5.74) is 0. The molecule has 1 rings (SSSR count). The highest BCUT2D eigenvalue weighted by Crippen LogP contribution is 2.11. The van der Waals surface area contributed by atoms with Crippen molar-refractivity contribution in [3.63, 3.8) is 0 Å². The van der Waals surface area contributed by atoms with Gasteiger partial charge in [-0.15, -0.1) is 0 Å². The van der Waals surface area contributed by atoms with Crippen molar-refractivity contribution in [2.75, 3.05) is 26.8 Å². The van der Waals surface area contributed by atoms with Crippen molar-refractivity contribution < 1.29 is 19.1 Å². The highest BCUT2D eigenvalue weighted by molar-refractivity contribution is 5.91. The van der Waals surface area contributed by atoms with E-state index in [0.717, 1.165) is 0 Å². The van der Waals surface area contributed by atoms with Gasteiger partial charge in [0.15, 0.2) is 5.76 Å². The number of carbonyl (C=O) groups excluding carboxylic acids is 1. The fourth-order valence-electron chi connectivity index (χ4n) is 1.39. The molecule has 0 saturated heterocycles. The number of ether oxygens (including phenoxy) is 1. The molecule has 0 bridgehead atoms. The van der Waals surface area contributed by atoms with E-state index in [1.165, 1.54) is 4.90 Å². The molecule has 90 valence electrons. The Bertz CT molecular complexity index is 334. The van der Waals surface area contributed by atoms with Gasteiger partial charge in [-0.2, -0.15) is 0 Å². The van der Waals surface area contributed by atoms with Crippen LogP contribution in [-0.4, -0.2) is 42.7 Å². The van der Waals surface area contributed by atoms with E-state index in [9.17, 15) is 4.79 Å². The van der Waals surface area contributed by atoms with Crippen molar-refractivity contribution in [3.8, 4) is 0 Å². The van der Waals surface area contributed by atoms with Crippen molar-refractivity contribution >= 4 is 5.91 Å². The fourth-order valence-corrected chi connectivity index (χ4v) is 1.39. The molecule has 1 N–H and O–H groups in total. The van der Waals surface area contributed by atoms with Crippen LogP contribution in [0.25, 0.3) is 0 Å². The first-order chi connectivity index (χ1) is 7.72. The van der Waals surface area contributed by atoms with Crippen LogP contribution in [0.4, 0.5) is 0 Å². The number of hydrogen-bond donors (Lipinski definition) is 1. The second-order valence-corrected chi connectivity index (χ2v) is 3.31. The molecule has 0 aliphatic heterocycles. The standard InChI is InChI=1S/C11H17NO4/c1-3-12(6-7-13)11(14)10-5-4-9(16-10)8-15-2/h4-5,13H,3,6-8H2,1-2H3. The molecule has 0 atom stereocenters. The van der Waals surface area contributed by atoms with Crippen molar-refractivity contribution in [1.82, 2.24) is 4.90 Å². The van der Waals surface area contributed by atoms with Gasteiger partial charge in [-0.1, -0.05) is 0 Å². The van der Waals surface area contributed by atoms with Crippen LogP contribution in [0.5, 0.6) is 0 Å². The minimum absolute atomic E-state index is 0.0504. The molecular formula is C11H17NO4. The normalized spacial score (nSPS) is 10.4. The van der Waals surface area contributed by atoms with Crippen LogP contribution >= 0.6 is 0 Å². The number of aliphatic hydroxyl groups excluding tert-OH is 1. The minimum atomic E-state index is -0.209. The summed E-state index contributed by atoms with van der Waals surface area (Å²) in [7, 11) is 1.56. The third kappa shape index (κ3) is 3.08. The van der Waals surface area contributed by atoms with Gasteiger partial charge in [0.25, 0.3) is 5.91 Å². The number of furan rings is 1. The Morgan fingerprint density at radius 1 is 1.56 bits per heavy atom. The number of likely N-dealkylation sites (N-methyl/N-ethyl adjacent to an activating group) is 1. The van der Waals surface area contributed by atoms with Crippen LogP contribution in [0.1, 0.15) is 23.2 Å². The molecule has 0 aliphatic carbocycles. The Balaban J connectivity index is 2.70. The topological polar surface area (TPSA) is 62.9 Å². The van der Waals surface area contributed by atoms with Crippen LogP contribution in [-0.2, 0) is 11.3 Å². The predicted octanol–water partition coefficient (Wildman–Crippen LogP) is 0.880. The molecule has 1 aromatic heterocycles. The molecule has 5 nitrogen and oxygen atoms in total. The van der Waals surface area contributed by atoms with E-state index in [1.807, 2.05) is 6.92 Å². The molecule has 1 aromatic rings. The summed E-state index contributed by atoms with van der Waals surface area (Å²) in [6.07, 6.45) is 0. The minimum Gasteiger partial charge on any atom is -0.453 e. The van der Waals surface area contributed by atoms with Crippen LogP contribution < -0.4 is 0 Å². The summed E-state index contributed by atoms with van der Waals surface area (Å²) in [5, 5.41) is 8.81. The Hall–Kier alpha value is -1.33. The third-order valence-corrected chi connectivity index (χ3v) is 2.20. The number of hydrogen-bond acceptors (Lipinski definition) is 4. The number of nitrogens with zero attached hydrogens (tertiary/aromatic N) is 1. The predicted molar refractivity (Wildman–Crippen MR) is 58.1 cm³/mol. The van der Waals surface area contributed by atoms with Gasteiger partial charge in [0, 0.05) is 20.2 Å². The van der Waals surface area contributed by atoms with E-state index in [-0.39, 0.29) is 18.3 Å². The monoisotopic (exact) mass is 227 g/mol. The highest BCUT2D eigenvalue weighted by Gasteiger charge is 2.17. The smallest absolute Gasteiger partial charge is 0.289 e. The van der Waals surface area contributed by atoms with Gasteiger partial charge in [-0.05, 0) is 19.1 Å². The van der Waals surface area contributed by atoms with Crippen molar-refractivity contribution in [3.05, 3.63) is 23.7 Å². The van der Waals surface area contributed by atoms with Crippen molar-refractivity contribution in [2.24, 2.45) is 0 Å². The van der Waals surface area contributed by atoms with Crippen LogP contribution in [0.2, 0.25) is 0 Å². The van der Waals surface area contributed by atoms with Gasteiger partial charge in [0.1, 0.15) is 12.4 Å². The summed E-state index contributed by atoms with van der Waals surface area (Å²) in [5.74, 6) is 0.687. The van der Waals surface area contributed by atoms with E-state index >= 15 is 0 Å². The average Bonchev–Trinajstić information content (AvgIpc) is 2.74. The summed E-state index contributed by atoms with van der Waals surface area (Å²) in [4.78, 5) is 13.4. The number of carbonyl (C=O) groups is 1. The lowest BCUT2D eigenvalue weighted by Gasteiger charge is -2.17. The molecule has 1 amide bonds. The third-order valence-electron chi connectivity index (χ3n) is 2.20. The number of amides is 1. The van der Waals surface area contributed by atoms with Crippen molar-refractivity contribution in [2.45, 2.75) is 13.5 Å². The molecule has 1 heterocycles. The first-order valence-electron chi connectivity index (χ1n) is 5.20. The van der Waals surface area contributed by atoms with E-state index in [4.69, 9.17) is 14.3 Å². The maximum atomic E-state index is 11.9. The van der Waals surface area contributed by atoms with Gasteiger partial charge >= 0.3 is 0 Å². The Labute approximate surface area is 94.6 Å². The fraction of sp³-hybridized carbons (Fsp3) is 0.545. The molecule has 0 spiro atoms. The lowest BCUT2D eigenvalue weighted by atomic mass is 10.3. The lowest BCUT2D eigenvalue weighted by Crippen LogP contribution is -2.33. The van der Waals surface area contributed by atoms with Crippen LogP contribution in [0.3, 0.4) is 0 Å². The largest absolute Gasteiger partial charge is 0.453 e. The van der Waals surface area contributed by atoms with E-state index in [2.05, 4.69) is 0 Å². The van der Waals surface area contributed by atoms with Crippen molar-refractivity contribution in [1.29, 1.82) is 0 Å². The van der Waals surface area contributed by atoms with E-state index < -0.39 is 0 Å². The number of rotatable bonds is 6. The summed E-state index contributed by atoms with van der Waals surface area (Å²) < 4.78 is 10.2. The maximum absolute atomic E-state index is 11.9. The molecule has 0 unspecified atom stereocenters. The summed E-state index contributed by atoms with van der Waals surface area (Å²) in [6, 6.07) is 3.33. The van der Waals surface area contributed by atoms with Gasteiger partial charge in [-0.25, -0.2) is 0 Å². The number of methoxy groups -OCH3 is 1.